The van der Waals surface area contributed by atoms with Crippen LogP contribution in [0.15, 0.2) is 24.3 Å². The Kier molecular flexibility index (Phi) is 5.13. The number of amides is 3. The first kappa shape index (κ1) is 14.8. The molecule has 3 N–H and O–H groups in total. The zero-order valence-corrected chi connectivity index (χ0v) is 10.4. The fourth-order valence-electron chi connectivity index (χ4n) is 1.40. The third-order valence-electron chi connectivity index (χ3n) is 2.25. The molecule has 0 spiro atoms. The predicted octanol–water partition coefficient (Wildman–Crippen LogP) is 0.0980. The van der Waals surface area contributed by atoms with Crippen molar-refractivity contribution in [2.24, 2.45) is 5.73 Å². The minimum atomic E-state index is -1.03. The van der Waals surface area contributed by atoms with Gasteiger partial charge in [0.1, 0.15) is 5.82 Å². The highest BCUT2D eigenvalue weighted by Crippen LogP contribution is 2.09. The van der Waals surface area contributed by atoms with Crippen molar-refractivity contribution >= 4 is 23.4 Å². The van der Waals surface area contributed by atoms with E-state index in [0.29, 0.717) is 0 Å². The van der Waals surface area contributed by atoms with Crippen LogP contribution in [-0.4, -0.2) is 35.7 Å². The highest BCUT2D eigenvalue weighted by Gasteiger charge is 2.24. The summed E-state index contributed by atoms with van der Waals surface area (Å²) in [7, 11) is 0. The van der Waals surface area contributed by atoms with Gasteiger partial charge in [-0.2, -0.15) is 0 Å². The van der Waals surface area contributed by atoms with Crippen molar-refractivity contribution in [3.8, 4) is 0 Å². The van der Waals surface area contributed by atoms with E-state index in [2.05, 4.69) is 5.32 Å². The Morgan fingerprint density at radius 3 is 2.58 bits per heavy atom. The smallest absolute Gasteiger partial charge is 0.318 e. The van der Waals surface area contributed by atoms with Gasteiger partial charge in [0.25, 0.3) is 0 Å². The van der Waals surface area contributed by atoms with Crippen LogP contribution in [0, 0.1) is 5.82 Å². The van der Waals surface area contributed by atoms with Crippen LogP contribution >= 0.6 is 0 Å². The maximum absolute atomic E-state index is 12.9. The van der Waals surface area contributed by atoms with Gasteiger partial charge in [-0.05, 0) is 18.2 Å². The zero-order valence-electron chi connectivity index (χ0n) is 10.4. The fraction of sp³-hybridized carbons (Fsp3) is 0.250. The van der Waals surface area contributed by atoms with Crippen LogP contribution < -0.4 is 11.1 Å². The van der Waals surface area contributed by atoms with Crippen molar-refractivity contribution in [1.82, 2.24) is 4.90 Å². The summed E-state index contributed by atoms with van der Waals surface area (Å²) in [6, 6.07) is 5.08. The molecule has 19 heavy (non-hydrogen) atoms. The predicted molar refractivity (Wildman–Crippen MR) is 66.5 cm³/mol. The van der Waals surface area contributed by atoms with Gasteiger partial charge in [-0.15, -0.1) is 0 Å². The summed E-state index contributed by atoms with van der Waals surface area (Å²) < 4.78 is 12.9. The number of nitrogens with one attached hydrogen (secondary N) is 1. The van der Waals surface area contributed by atoms with Crippen LogP contribution in [0.3, 0.4) is 0 Å². The quantitative estimate of drug-likeness (QED) is 0.759. The first-order valence-corrected chi connectivity index (χ1v) is 5.54. The molecule has 0 radical (unpaired) electrons. The summed E-state index contributed by atoms with van der Waals surface area (Å²) >= 11 is 0. The number of imide groups is 1. The van der Waals surface area contributed by atoms with Gasteiger partial charge < -0.3 is 11.1 Å². The molecule has 0 aromatic heterocycles. The van der Waals surface area contributed by atoms with Crippen molar-refractivity contribution in [1.29, 1.82) is 0 Å². The first-order valence-electron chi connectivity index (χ1n) is 5.54. The summed E-state index contributed by atoms with van der Waals surface area (Å²) in [4.78, 5) is 35.3. The minimum absolute atomic E-state index is 0.0509. The van der Waals surface area contributed by atoms with E-state index in [-0.39, 0.29) is 18.8 Å². The number of hydrogen-bond acceptors (Lipinski definition) is 4. The van der Waals surface area contributed by atoms with E-state index in [0.717, 1.165) is 17.9 Å². The second-order valence-electron chi connectivity index (χ2n) is 3.73. The number of hydrogen-bond donors (Lipinski definition) is 2. The number of halogens is 1. The SMILES string of the molecule is CC(=O)N(CCN)C(=O)C(=O)Nc1cccc(F)c1. The Labute approximate surface area is 109 Å². The molecule has 102 valence electrons. The van der Waals surface area contributed by atoms with E-state index in [9.17, 15) is 18.8 Å². The molecule has 0 atom stereocenters. The second kappa shape index (κ2) is 6.60. The van der Waals surface area contributed by atoms with E-state index in [1.165, 1.54) is 18.2 Å². The maximum Gasteiger partial charge on any atom is 0.318 e. The molecule has 6 nitrogen and oxygen atoms in total. The van der Waals surface area contributed by atoms with E-state index < -0.39 is 23.5 Å². The third-order valence-corrected chi connectivity index (χ3v) is 2.25. The highest BCUT2D eigenvalue weighted by molar-refractivity contribution is 6.41. The van der Waals surface area contributed by atoms with E-state index in [1.807, 2.05) is 0 Å². The highest BCUT2D eigenvalue weighted by atomic mass is 19.1. The van der Waals surface area contributed by atoms with Gasteiger partial charge in [-0.25, -0.2) is 4.39 Å². The summed E-state index contributed by atoms with van der Waals surface area (Å²) in [6.45, 7) is 1.16. The molecule has 1 rings (SSSR count). The molecule has 0 aliphatic rings. The van der Waals surface area contributed by atoms with Crippen LogP contribution in [-0.2, 0) is 14.4 Å². The van der Waals surface area contributed by atoms with Crippen molar-refractivity contribution < 1.29 is 18.8 Å². The van der Waals surface area contributed by atoms with Crippen molar-refractivity contribution in [2.75, 3.05) is 18.4 Å². The molecule has 3 amide bonds. The van der Waals surface area contributed by atoms with E-state index in [1.54, 1.807) is 0 Å². The number of nitrogens with two attached hydrogens (primary N) is 1. The van der Waals surface area contributed by atoms with Crippen LogP contribution in [0.2, 0.25) is 0 Å². The van der Waals surface area contributed by atoms with Crippen molar-refractivity contribution in [3.05, 3.63) is 30.1 Å². The molecule has 1 aromatic carbocycles. The molecule has 0 aliphatic carbocycles. The first-order chi connectivity index (χ1) is 8.95. The molecular weight excluding hydrogens is 253 g/mol. The zero-order chi connectivity index (χ0) is 14.4. The van der Waals surface area contributed by atoms with Crippen molar-refractivity contribution in [3.63, 3.8) is 0 Å². The number of rotatable bonds is 3. The minimum Gasteiger partial charge on any atom is -0.329 e. The number of anilines is 1. The molecule has 0 fully saturated rings. The topological polar surface area (TPSA) is 92.5 Å². The molecule has 0 aliphatic heterocycles. The lowest BCUT2D eigenvalue weighted by molar-refractivity contribution is -0.149. The maximum atomic E-state index is 12.9. The molecular formula is C12H14FN3O3. The van der Waals surface area contributed by atoms with Gasteiger partial charge >= 0.3 is 11.8 Å². The molecule has 0 unspecified atom stereocenters. The summed E-state index contributed by atoms with van der Waals surface area (Å²) in [5.74, 6) is -3.17. The van der Waals surface area contributed by atoms with Gasteiger partial charge in [-0.3, -0.25) is 19.3 Å². The largest absolute Gasteiger partial charge is 0.329 e. The Balaban J connectivity index is 2.76. The Morgan fingerprint density at radius 2 is 2.05 bits per heavy atom. The Morgan fingerprint density at radius 1 is 1.37 bits per heavy atom. The second-order valence-corrected chi connectivity index (χ2v) is 3.73. The molecule has 7 heteroatoms. The lowest BCUT2D eigenvalue weighted by Crippen LogP contribution is -2.44. The normalized spacial score (nSPS) is 9.84. The monoisotopic (exact) mass is 267 g/mol. The number of carbonyl (C=O) groups is 3. The van der Waals surface area contributed by atoms with Crippen LogP contribution in [0.1, 0.15) is 6.92 Å². The average molecular weight is 267 g/mol. The standard InChI is InChI=1S/C12H14FN3O3/c1-8(17)16(6-5-14)12(19)11(18)15-10-4-2-3-9(13)7-10/h2-4,7H,5-6,14H2,1H3,(H,15,18). The van der Waals surface area contributed by atoms with Crippen LogP contribution in [0.25, 0.3) is 0 Å². The average Bonchev–Trinajstić information content (AvgIpc) is 2.34. The molecule has 0 saturated heterocycles. The fourth-order valence-corrected chi connectivity index (χ4v) is 1.40. The number of nitrogens with zero attached hydrogens (tertiary/aromatic N) is 1. The summed E-state index contributed by atoms with van der Waals surface area (Å²) in [5.41, 5.74) is 5.38. The van der Waals surface area contributed by atoms with E-state index >= 15 is 0 Å². The van der Waals surface area contributed by atoms with Gasteiger partial charge in [0, 0.05) is 25.7 Å². The molecule has 1 aromatic rings. The summed E-state index contributed by atoms with van der Waals surface area (Å²) in [5, 5.41) is 2.21. The molecule has 0 bridgehead atoms. The van der Waals surface area contributed by atoms with Gasteiger partial charge in [0.05, 0.1) is 0 Å². The van der Waals surface area contributed by atoms with Crippen LogP contribution in [0.5, 0.6) is 0 Å². The number of benzene rings is 1. The number of carbonyl (C=O) groups excluding carboxylic acids is 3. The van der Waals surface area contributed by atoms with Gasteiger partial charge in [0.15, 0.2) is 0 Å². The molecule has 0 saturated carbocycles. The summed E-state index contributed by atoms with van der Waals surface area (Å²) in [6.07, 6.45) is 0. The Hall–Kier alpha value is -2.28. The Bertz CT molecular complexity index is 505. The van der Waals surface area contributed by atoms with Gasteiger partial charge in [0.2, 0.25) is 5.91 Å². The third kappa shape index (κ3) is 4.14. The van der Waals surface area contributed by atoms with Crippen molar-refractivity contribution in [2.45, 2.75) is 6.92 Å². The molecule has 0 heterocycles. The van der Waals surface area contributed by atoms with Crippen LogP contribution in [0.4, 0.5) is 10.1 Å². The lowest BCUT2D eigenvalue weighted by atomic mass is 10.3. The van der Waals surface area contributed by atoms with Gasteiger partial charge in [-0.1, -0.05) is 6.07 Å². The van der Waals surface area contributed by atoms with E-state index in [4.69, 9.17) is 5.73 Å². The lowest BCUT2D eigenvalue weighted by Gasteiger charge is -2.17.